The number of amides is 1. The van der Waals surface area contributed by atoms with Crippen LogP contribution in [0.1, 0.15) is 27.6 Å². The third-order valence-corrected chi connectivity index (χ3v) is 3.92. The van der Waals surface area contributed by atoms with Crippen LogP contribution in [0.25, 0.3) is 0 Å². The van der Waals surface area contributed by atoms with Crippen molar-refractivity contribution in [2.45, 2.75) is 13.0 Å². The molecule has 5 nitrogen and oxygen atoms in total. The highest BCUT2D eigenvalue weighted by molar-refractivity contribution is 6.30. The van der Waals surface area contributed by atoms with Gasteiger partial charge in [0.05, 0.1) is 14.2 Å². The Morgan fingerprint density at radius 3 is 2.58 bits per heavy atom. The lowest BCUT2D eigenvalue weighted by Crippen LogP contribution is -2.29. The van der Waals surface area contributed by atoms with Crippen molar-refractivity contribution in [3.05, 3.63) is 58.1 Å². The Morgan fingerprint density at radius 2 is 1.96 bits per heavy atom. The largest absolute Gasteiger partial charge is 0.497 e. The Morgan fingerprint density at radius 1 is 1.21 bits per heavy atom. The number of hydrogen-bond acceptors (Lipinski definition) is 4. The smallest absolute Gasteiger partial charge is 0.251 e. The zero-order chi connectivity index (χ0) is 17.7. The fourth-order valence-electron chi connectivity index (χ4n) is 2.38. The minimum absolute atomic E-state index is 0.0461. The van der Waals surface area contributed by atoms with Gasteiger partial charge in [0.15, 0.2) is 0 Å². The minimum Gasteiger partial charge on any atom is -0.497 e. The molecule has 0 spiro atoms. The second-order valence-electron chi connectivity index (χ2n) is 5.29. The summed E-state index contributed by atoms with van der Waals surface area (Å²) in [4.78, 5) is 12.3. The van der Waals surface area contributed by atoms with Crippen molar-refractivity contribution in [1.29, 1.82) is 0 Å². The molecule has 1 atom stereocenters. The van der Waals surface area contributed by atoms with E-state index in [0.717, 1.165) is 5.56 Å². The molecule has 1 unspecified atom stereocenters. The molecule has 0 fully saturated rings. The predicted molar refractivity (Wildman–Crippen MR) is 93.0 cm³/mol. The second kappa shape index (κ2) is 8.04. The first-order chi connectivity index (χ1) is 11.5. The van der Waals surface area contributed by atoms with Crippen molar-refractivity contribution in [2.24, 2.45) is 0 Å². The summed E-state index contributed by atoms with van der Waals surface area (Å²) in [7, 11) is 3.07. The monoisotopic (exact) mass is 349 g/mol. The fourth-order valence-corrected chi connectivity index (χ4v) is 2.60. The molecule has 0 aliphatic rings. The molecule has 0 radical (unpaired) electrons. The van der Waals surface area contributed by atoms with Crippen LogP contribution < -0.4 is 14.8 Å². The van der Waals surface area contributed by atoms with Crippen LogP contribution in [0.4, 0.5) is 0 Å². The molecule has 24 heavy (non-hydrogen) atoms. The number of aliphatic hydroxyl groups excluding tert-OH is 1. The van der Waals surface area contributed by atoms with Crippen LogP contribution >= 0.6 is 11.6 Å². The molecule has 0 saturated heterocycles. The van der Waals surface area contributed by atoms with E-state index >= 15 is 0 Å². The second-order valence-corrected chi connectivity index (χ2v) is 5.73. The third-order valence-electron chi connectivity index (χ3n) is 3.68. The number of benzene rings is 2. The summed E-state index contributed by atoms with van der Waals surface area (Å²) in [6.07, 6.45) is -0.924. The average Bonchev–Trinajstić information content (AvgIpc) is 2.58. The highest BCUT2D eigenvalue weighted by Crippen LogP contribution is 2.29. The number of ether oxygens (including phenoxy) is 2. The van der Waals surface area contributed by atoms with Gasteiger partial charge in [-0.05, 0) is 48.9 Å². The molecule has 0 aliphatic heterocycles. The summed E-state index contributed by atoms with van der Waals surface area (Å²) in [5.41, 5.74) is 1.84. The van der Waals surface area contributed by atoms with Crippen molar-refractivity contribution in [3.63, 3.8) is 0 Å². The Labute approximate surface area is 146 Å². The molecule has 2 N–H and O–H groups in total. The molecule has 6 heteroatoms. The molecule has 0 saturated carbocycles. The zero-order valence-corrected chi connectivity index (χ0v) is 14.6. The summed E-state index contributed by atoms with van der Waals surface area (Å²) in [6.45, 7) is 1.85. The Hall–Kier alpha value is -2.24. The Balaban J connectivity index is 2.10. The van der Waals surface area contributed by atoms with E-state index in [9.17, 15) is 9.90 Å². The predicted octanol–water partition coefficient (Wildman–Crippen LogP) is 3.13. The van der Waals surface area contributed by atoms with Crippen molar-refractivity contribution < 1.29 is 19.4 Å². The van der Waals surface area contributed by atoms with Gasteiger partial charge in [-0.2, -0.15) is 0 Å². The van der Waals surface area contributed by atoms with Gasteiger partial charge in [0.25, 0.3) is 5.91 Å². The van der Waals surface area contributed by atoms with Crippen molar-refractivity contribution >= 4 is 17.5 Å². The van der Waals surface area contributed by atoms with Crippen molar-refractivity contribution in [2.75, 3.05) is 20.8 Å². The molecule has 0 aliphatic carbocycles. The van der Waals surface area contributed by atoms with Gasteiger partial charge in [0.2, 0.25) is 0 Å². The van der Waals surface area contributed by atoms with Crippen LogP contribution in [-0.2, 0) is 0 Å². The number of rotatable bonds is 6. The molecular formula is C18H20ClNO4. The lowest BCUT2D eigenvalue weighted by Gasteiger charge is -2.17. The third kappa shape index (κ3) is 4.19. The van der Waals surface area contributed by atoms with Gasteiger partial charge < -0.3 is 19.9 Å². The summed E-state index contributed by atoms with van der Waals surface area (Å²) in [5.74, 6) is 0.857. The molecule has 2 aromatic carbocycles. The van der Waals surface area contributed by atoms with E-state index in [1.807, 2.05) is 6.92 Å². The maximum absolute atomic E-state index is 12.3. The number of nitrogens with one attached hydrogen (secondary N) is 1. The summed E-state index contributed by atoms with van der Waals surface area (Å²) in [6, 6.07) is 10.2. The number of methoxy groups -OCH3 is 2. The summed E-state index contributed by atoms with van der Waals surface area (Å²) < 4.78 is 10.4. The molecular weight excluding hydrogens is 330 g/mol. The molecule has 0 heterocycles. The molecule has 2 rings (SSSR count). The highest BCUT2D eigenvalue weighted by Gasteiger charge is 2.17. The number of aryl methyl sites for hydroxylation is 1. The van der Waals surface area contributed by atoms with Crippen LogP contribution in [0.15, 0.2) is 36.4 Å². The summed E-state index contributed by atoms with van der Waals surface area (Å²) >= 11 is 5.89. The van der Waals surface area contributed by atoms with E-state index in [-0.39, 0.29) is 12.5 Å². The maximum Gasteiger partial charge on any atom is 0.251 e. The van der Waals surface area contributed by atoms with Gasteiger partial charge in [0, 0.05) is 22.7 Å². The lowest BCUT2D eigenvalue weighted by atomic mass is 10.1. The fraction of sp³-hybridized carbons (Fsp3) is 0.278. The van der Waals surface area contributed by atoms with E-state index in [1.54, 1.807) is 43.5 Å². The van der Waals surface area contributed by atoms with E-state index in [1.165, 1.54) is 7.11 Å². The number of aliphatic hydroxyl groups is 1. The maximum atomic E-state index is 12.3. The van der Waals surface area contributed by atoms with E-state index in [4.69, 9.17) is 21.1 Å². The first-order valence-corrected chi connectivity index (χ1v) is 7.78. The lowest BCUT2D eigenvalue weighted by molar-refractivity contribution is 0.0914. The van der Waals surface area contributed by atoms with Gasteiger partial charge in [-0.1, -0.05) is 11.6 Å². The van der Waals surface area contributed by atoms with Crippen molar-refractivity contribution in [1.82, 2.24) is 5.32 Å². The van der Waals surface area contributed by atoms with Crippen molar-refractivity contribution in [3.8, 4) is 11.5 Å². The Bertz CT molecular complexity index is 733. The molecule has 0 bridgehead atoms. The first kappa shape index (κ1) is 18.1. The van der Waals surface area contributed by atoms with Crippen LogP contribution in [0.2, 0.25) is 5.02 Å². The van der Waals surface area contributed by atoms with Gasteiger partial charge in [-0.25, -0.2) is 0 Å². The SMILES string of the molecule is COc1ccc(OC)c(C(O)CNC(=O)c2ccc(Cl)cc2C)c1. The van der Waals surface area contributed by atoms with E-state index in [0.29, 0.717) is 27.6 Å². The molecule has 128 valence electrons. The average molecular weight is 350 g/mol. The van der Waals surface area contributed by atoms with Gasteiger partial charge in [-0.15, -0.1) is 0 Å². The topological polar surface area (TPSA) is 67.8 Å². The van der Waals surface area contributed by atoms with E-state index in [2.05, 4.69) is 5.32 Å². The Kier molecular flexibility index (Phi) is 6.06. The van der Waals surface area contributed by atoms with E-state index < -0.39 is 6.10 Å². The number of carbonyl (C=O) groups is 1. The number of hydrogen-bond donors (Lipinski definition) is 2. The number of carbonyl (C=O) groups excluding carboxylic acids is 1. The van der Waals surface area contributed by atoms with Gasteiger partial charge in [0.1, 0.15) is 17.6 Å². The van der Waals surface area contributed by atoms with Crippen LogP contribution in [0.5, 0.6) is 11.5 Å². The van der Waals surface area contributed by atoms with Gasteiger partial charge in [-0.3, -0.25) is 4.79 Å². The van der Waals surface area contributed by atoms with Crippen LogP contribution in [0.3, 0.4) is 0 Å². The zero-order valence-electron chi connectivity index (χ0n) is 13.8. The van der Waals surface area contributed by atoms with Gasteiger partial charge >= 0.3 is 0 Å². The van der Waals surface area contributed by atoms with Crippen LogP contribution in [0, 0.1) is 6.92 Å². The number of halogens is 1. The minimum atomic E-state index is -0.924. The molecule has 1 amide bonds. The standard InChI is InChI=1S/C18H20ClNO4/c1-11-8-12(19)4-6-14(11)18(22)20-10-16(21)15-9-13(23-2)5-7-17(15)24-3/h4-9,16,21H,10H2,1-3H3,(H,20,22). The normalized spacial score (nSPS) is 11.7. The highest BCUT2D eigenvalue weighted by atomic mass is 35.5. The first-order valence-electron chi connectivity index (χ1n) is 7.40. The van der Waals surface area contributed by atoms with Crippen LogP contribution in [-0.4, -0.2) is 31.8 Å². The molecule has 0 aromatic heterocycles. The quantitative estimate of drug-likeness (QED) is 0.840. The molecule has 2 aromatic rings. The summed E-state index contributed by atoms with van der Waals surface area (Å²) in [5, 5.41) is 13.7.